The van der Waals surface area contributed by atoms with Crippen molar-refractivity contribution in [2.24, 2.45) is 0 Å². The van der Waals surface area contributed by atoms with E-state index >= 15 is 0 Å². The third-order valence-corrected chi connectivity index (χ3v) is 10.1. The van der Waals surface area contributed by atoms with E-state index in [1.165, 1.54) is 116 Å². The van der Waals surface area contributed by atoms with E-state index in [0.717, 1.165) is 44.9 Å². The van der Waals surface area contributed by atoms with Crippen LogP contribution in [0.1, 0.15) is 200 Å². The maximum absolute atomic E-state index is 12.3. The van der Waals surface area contributed by atoms with Crippen molar-refractivity contribution < 1.29 is 47.8 Å². The van der Waals surface area contributed by atoms with Gasteiger partial charge >= 0.3 is 19.8 Å². The van der Waals surface area contributed by atoms with Gasteiger partial charge in [0.1, 0.15) is 12.7 Å². The monoisotopic (exact) mass is 750 g/mol. The van der Waals surface area contributed by atoms with E-state index in [-0.39, 0.29) is 12.8 Å². The van der Waals surface area contributed by atoms with E-state index in [0.29, 0.717) is 12.8 Å². The van der Waals surface area contributed by atoms with Crippen LogP contribution in [0.25, 0.3) is 0 Å². The summed E-state index contributed by atoms with van der Waals surface area (Å²) in [5, 5.41) is 21.7. The lowest BCUT2D eigenvalue weighted by Gasteiger charge is -2.18. The molecule has 0 aromatic heterocycles. The number of aliphatic hydroxyl groups excluding tert-OH is 1. The smallest absolute Gasteiger partial charge is 0.472 e. The molecule has 0 aromatic carbocycles. The van der Waals surface area contributed by atoms with Crippen LogP contribution < -0.4 is 5.32 Å². The van der Waals surface area contributed by atoms with Crippen LogP contribution in [0.5, 0.6) is 0 Å². The molecule has 12 heteroatoms. The van der Waals surface area contributed by atoms with Crippen LogP contribution in [0.3, 0.4) is 0 Å². The highest BCUT2D eigenvalue weighted by Gasteiger charge is 2.28. The van der Waals surface area contributed by atoms with Gasteiger partial charge in [0.2, 0.25) is 5.91 Å². The van der Waals surface area contributed by atoms with E-state index in [2.05, 4.69) is 19.2 Å². The van der Waals surface area contributed by atoms with Crippen molar-refractivity contribution in [1.82, 2.24) is 5.32 Å². The van der Waals surface area contributed by atoms with Crippen LogP contribution >= 0.6 is 7.82 Å². The number of carboxylic acid groups (broad SMARTS) is 1. The first-order valence-corrected chi connectivity index (χ1v) is 22.1. The minimum absolute atomic E-state index is 0.153. The molecule has 4 N–H and O–H groups in total. The molecule has 0 spiro atoms. The number of phosphoric ester groups is 1. The molecular formula is C39H76NO10P. The third kappa shape index (κ3) is 35.3. The molecule has 3 atom stereocenters. The second-order valence-corrected chi connectivity index (χ2v) is 15.6. The van der Waals surface area contributed by atoms with Gasteiger partial charge in [-0.2, -0.15) is 0 Å². The summed E-state index contributed by atoms with van der Waals surface area (Å²) in [7, 11) is -4.73. The van der Waals surface area contributed by atoms with E-state index in [4.69, 9.17) is 13.8 Å². The number of carboxylic acids is 1. The highest BCUT2D eigenvalue weighted by Crippen LogP contribution is 2.43. The minimum Gasteiger partial charge on any atom is -0.480 e. The zero-order chi connectivity index (χ0) is 37.8. The van der Waals surface area contributed by atoms with Gasteiger partial charge in [-0.05, 0) is 12.8 Å². The van der Waals surface area contributed by atoms with Crippen LogP contribution in [-0.4, -0.2) is 64.9 Å². The van der Waals surface area contributed by atoms with Crippen LogP contribution in [0.2, 0.25) is 0 Å². The largest absolute Gasteiger partial charge is 0.480 e. The minimum atomic E-state index is -4.73. The van der Waals surface area contributed by atoms with Crippen LogP contribution in [0.15, 0.2) is 0 Å². The molecule has 0 radical (unpaired) electrons. The van der Waals surface area contributed by atoms with Crippen molar-refractivity contribution >= 4 is 25.7 Å². The summed E-state index contributed by atoms with van der Waals surface area (Å²) in [6, 6.07) is -1.54. The number of esters is 1. The molecule has 0 saturated heterocycles. The normalized spacial score (nSPS) is 13.8. The molecular weight excluding hydrogens is 673 g/mol. The standard InChI is InChI=1S/C39H76NO10P/c1-3-5-7-9-10-11-12-13-14-15-16-17-18-19-20-21-22-23-24-25-27-28-30-37(42)40-36(39(44)45)34-50-51(46,47)49-33-35(41)32-48-38(43)31-29-26-8-6-4-2/h35-36,41H,3-34H2,1-2H3,(H,40,42)(H,44,45)(H,46,47). The lowest BCUT2D eigenvalue weighted by atomic mass is 10.0. The fourth-order valence-electron chi connectivity index (χ4n) is 5.90. The Morgan fingerprint density at radius 3 is 1.29 bits per heavy atom. The number of aliphatic carboxylic acids is 1. The van der Waals surface area contributed by atoms with Gasteiger partial charge in [-0.3, -0.25) is 18.6 Å². The van der Waals surface area contributed by atoms with E-state index in [1.807, 2.05) is 0 Å². The number of hydrogen-bond donors (Lipinski definition) is 4. The number of aliphatic hydroxyl groups is 1. The Hall–Kier alpha value is -1.52. The number of nitrogens with one attached hydrogen (secondary N) is 1. The van der Waals surface area contributed by atoms with Gasteiger partial charge < -0.3 is 25.2 Å². The third-order valence-electron chi connectivity index (χ3n) is 9.15. The molecule has 1 amide bonds. The number of carbonyl (C=O) groups is 3. The SMILES string of the molecule is CCCCCCCCCCCCCCCCCCCCCCCCC(=O)NC(COP(=O)(O)OCC(O)COC(=O)CCCCCCC)C(=O)O. The molecule has 3 unspecified atom stereocenters. The topological polar surface area (TPSA) is 169 Å². The fraction of sp³-hybridized carbons (Fsp3) is 0.923. The first-order chi connectivity index (χ1) is 24.6. The summed E-state index contributed by atoms with van der Waals surface area (Å²) in [5.41, 5.74) is 0. The lowest BCUT2D eigenvalue weighted by molar-refractivity contribution is -0.147. The zero-order valence-electron chi connectivity index (χ0n) is 32.4. The second kappa shape index (κ2) is 35.5. The van der Waals surface area contributed by atoms with E-state index in [9.17, 15) is 34.1 Å². The van der Waals surface area contributed by atoms with Gasteiger partial charge in [0.25, 0.3) is 0 Å². The van der Waals surface area contributed by atoms with Gasteiger partial charge in [-0.1, -0.05) is 174 Å². The van der Waals surface area contributed by atoms with E-state index < -0.39 is 57.6 Å². The lowest BCUT2D eigenvalue weighted by Crippen LogP contribution is -2.43. The number of ether oxygens (including phenoxy) is 1. The maximum Gasteiger partial charge on any atom is 0.472 e. The Morgan fingerprint density at radius 1 is 0.549 bits per heavy atom. The van der Waals surface area contributed by atoms with Gasteiger partial charge in [0.15, 0.2) is 6.04 Å². The molecule has 0 aliphatic heterocycles. The summed E-state index contributed by atoms with van der Waals surface area (Å²) >= 11 is 0. The predicted octanol–water partition coefficient (Wildman–Crippen LogP) is 9.95. The molecule has 0 bridgehead atoms. The number of hydrogen-bond acceptors (Lipinski definition) is 8. The highest BCUT2D eigenvalue weighted by molar-refractivity contribution is 7.47. The van der Waals surface area contributed by atoms with Crippen molar-refractivity contribution in [1.29, 1.82) is 0 Å². The summed E-state index contributed by atoms with van der Waals surface area (Å²) < 4.78 is 26.6. The van der Waals surface area contributed by atoms with Gasteiger partial charge in [-0.25, -0.2) is 9.36 Å². The van der Waals surface area contributed by atoms with Crippen molar-refractivity contribution in [3.8, 4) is 0 Å². The number of unbranched alkanes of at least 4 members (excludes halogenated alkanes) is 25. The predicted molar refractivity (Wildman–Crippen MR) is 204 cm³/mol. The molecule has 11 nitrogen and oxygen atoms in total. The van der Waals surface area contributed by atoms with Crippen molar-refractivity contribution in [2.45, 2.75) is 212 Å². The summed E-state index contributed by atoms with van der Waals surface area (Å²) in [6.07, 6.45) is 31.9. The van der Waals surface area contributed by atoms with Crippen LogP contribution in [0.4, 0.5) is 0 Å². The van der Waals surface area contributed by atoms with Crippen molar-refractivity contribution in [2.75, 3.05) is 19.8 Å². The zero-order valence-corrected chi connectivity index (χ0v) is 33.3. The molecule has 0 aromatic rings. The molecule has 51 heavy (non-hydrogen) atoms. The van der Waals surface area contributed by atoms with Crippen LogP contribution in [-0.2, 0) is 32.7 Å². The Labute approximate surface area is 310 Å². The Bertz CT molecular complexity index is 890. The van der Waals surface area contributed by atoms with Crippen molar-refractivity contribution in [3.63, 3.8) is 0 Å². The molecule has 0 fully saturated rings. The summed E-state index contributed by atoms with van der Waals surface area (Å²) in [5.74, 6) is -2.37. The Kier molecular flexibility index (Phi) is 34.4. The van der Waals surface area contributed by atoms with Gasteiger partial charge in [0.05, 0.1) is 13.2 Å². The summed E-state index contributed by atoms with van der Waals surface area (Å²) in [4.78, 5) is 45.5. The van der Waals surface area contributed by atoms with Gasteiger partial charge in [0, 0.05) is 12.8 Å². The fourth-order valence-corrected chi connectivity index (χ4v) is 6.68. The first-order valence-electron chi connectivity index (χ1n) is 20.6. The Balaban J connectivity index is 3.79. The van der Waals surface area contributed by atoms with Crippen LogP contribution in [0, 0.1) is 0 Å². The van der Waals surface area contributed by atoms with E-state index in [1.54, 1.807) is 0 Å². The molecule has 302 valence electrons. The quantitative estimate of drug-likeness (QED) is 0.0270. The first kappa shape index (κ1) is 49.5. The number of rotatable bonds is 39. The van der Waals surface area contributed by atoms with Crippen molar-refractivity contribution in [3.05, 3.63) is 0 Å². The summed E-state index contributed by atoms with van der Waals surface area (Å²) in [6.45, 7) is 2.49. The highest BCUT2D eigenvalue weighted by atomic mass is 31.2. The molecule has 0 saturated carbocycles. The average molecular weight is 750 g/mol. The maximum atomic E-state index is 12.3. The number of amides is 1. The molecule has 0 rings (SSSR count). The van der Waals surface area contributed by atoms with Gasteiger partial charge in [-0.15, -0.1) is 0 Å². The Morgan fingerprint density at radius 2 is 0.902 bits per heavy atom. The number of phosphoric acid groups is 1. The molecule has 0 aliphatic rings. The average Bonchev–Trinajstić information content (AvgIpc) is 3.10. The molecule has 0 heterocycles. The molecule has 0 aliphatic carbocycles. The number of carbonyl (C=O) groups excluding carboxylic acids is 2. The second-order valence-electron chi connectivity index (χ2n) is 14.2.